The maximum absolute atomic E-state index is 5.57. The van der Waals surface area contributed by atoms with Crippen LogP contribution in [0.2, 0.25) is 13.1 Å². The van der Waals surface area contributed by atoms with Crippen LogP contribution in [0.25, 0.3) is 34.4 Å². The van der Waals surface area contributed by atoms with Crippen molar-refractivity contribution in [3.8, 4) is 45.3 Å². The zero-order valence-corrected chi connectivity index (χ0v) is 25.6. The Balaban J connectivity index is 1.38. The van der Waals surface area contributed by atoms with Gasteiger partial charge in [0, 0.05) is 12.1 Å². The van der Waals surface area contributed by atoms with Gasteiger partial charge in [0.15, 0.2) is 0 Å². The average molecular weight is 561 g/mol. The zero-order chi connectivity index (χ0) is 28.7. The second-order valence-corrected chi connectivity index (χ2v) is 15.8. The van der Waals surface area contributed by atoms with E-state index in [9.17, 15) is 0 Å². The van der Waals surface area contributed by atoms with Gasteiger partial charge in [0.2, 0.25) is 0 Å². The van der Waals surface area contributed by atoms with E-state index in [-0.39, 0.29) is 0 Å². The van der Waals surface area contributed by atoms with Gasteiger partial charge in [-0.3, -0.25) is 0 Å². The summed E-state index contributed by atoms with van der Waals surface area (Å²) in [6, 6.07) is 25.5. The van der Waals surface area contributed by atoms with Crippen molar-refractivity contribution >= 4 is 20.2 Å². The Labute approximate surface area is 243 Å². The molecule has 4 nitrogen and oxygen atoms in total. The minimum atomic E-state index is -1.93. The molecule has 6 rings (SSSR count). The van der Waals surface area contributed by atoms with Gasteiger partial charge in [-0.2, -0.15) is 0 Å². The lowest BCUT2D eigenvalue weighted by Crippen LogP contribution is -2.32. The minimum Gasteiger partial charge on any atom is -0.497 e. The number of benzene rings is 4. The Hall–Kier alpha value is -4.22. The second kappa shape index (κ2) is 10.6. The summed E-state index contributed by atoms with van der Waals surface area (Å²) in [5, 5.41) is 3.14. The van der Waals surface area contributed by atoms with Crippen LogP contribution in [0.5, 0.6) is 23.0 Å². The molecule has 0 fully saturated rings. The molecule has 0 saturated heterocycles. The third-order valence-electron chi connectivity index (χ3n) is 8.72. The topological polar surface area (TPSA) is 36.9 Å². The first kappa shape index (κ1) is 27.0. The van der Waals surface area contributed by atoms with Crippen molar-refractivity contribution in [1.29, 1.82) is 0 Å². The highest BCUT2D eigenvalue weighted by Gasteiger charge is 2.36. The molecule has 2 aliphatic carbocycles. The minimum absolute atomic E-state index is 0.798. The number of ether oxygens (including phenoxy) is 4. The summed E-state index contributed by atoms with van der Waals surface area (Å²) >= 11 is 0. The Morgan fingerprint density at radius 3 is 1.22 bits per heavy atom. The fraction of sp³-hybridized carbons (Fsp3) is 0.222. The van der Waals surface area contributed by atoms with E-state index in [1.165, 1.54) is 33.4 Å². The Morgan fingerprint density at radius 2 is 0.878 bits per heavy atom. The maximum atomic E-state index is 5.57. The Kier molecular flexibility index (Phi) is 7.00. The van der Waals surface area contributed by atoms with Gasteiger partial charge in [-0.15, -0.1) is 0 Å². The summed E-state index contributed by atoms with van der Waals surface area (Å²) in [4.78, 5) is 0. The molecule has 4 aromatic carbocycles. The van der Waals surface area contributed by atoms with Gasteiger partial charge in [-0.25, -0.2) is 0 Å². The Morgan fingerprint density at radius 1 is 0.512 bits per heavy atom. The second-order valence-electron chi connectivity index (χ2n) is 11.3. The summed E-state index contributed by atoms with van der Waals surface area (Å²) in [7, 11) is 4.86. The molecule has 41 heavy (non-hydrogen) atoms. The third-order valence-corrected chi connectivity index (χ3v) is 12.6. The van der Waals surface area contributed by atoms with E-state index in [0.717, 1.165) is 47.0 Å². The SMILES string of the molecule is COc1cc(OC)cc(-c2cccc3c2C=C([Si](C)(C)C2=Cc4c(cccc4-c4cc(OC)cc(OC)c4)C2)C3)c1. The van der Waals surface area contributed by atoms with Gasteiger partial charge >= 0.3 is 0 Å². The summed E-state index contributed by atoms with van der Waals surface area (Å²) in [5.41, 5.74) is 10.1. The standard InChI is InChI=1S/C36H36O4Si/c1-37-27-13-25(14-28(19-27)38-2)33-11-7-9-23-17-31(21-35(23)33)41(5,6)32-18-24-10-8-12-34(36(24)22-32)26-15-29(39-3)20-30(16-26)40-4/h7-16,19-22H,17-18H2,1-6H3. The molecule has 0 bridgehead atoms. The molecule has 2 aliphatic rings. The van der Waals surface area contributed by atoms with E-state index in [4.69, 9.17) is 18.9 Å². The third kappa shape index (κ3) is 4.85. The van der Waals surface area contributed by atoms with Crippen LogP contribution >= 0.6 is 0 Å². The van der Waals surface area contributed by atoms with E-state index in [1.807, 2.05) is 12.1 Å². The predicted octanol–water partition coefficient (Wildman–Crippen LogP) is 8.42. The van der Waals surface area contributed by atoms with Crippen molar-refractivity contribution in [2.75, 3.05) is 28.4 Å². The number of methoxy groups -OCH3 is 4. The maximum Gasteiger partial charge on any atom is 0.123 e. The summed E-state index contributed by atoms with van der Waals surface area (Å²) in [5.74, 6) is 3.19. The first-order chi connectivity index (χ1) is 19.8. The average Bonchev–Trinajstić information content (AvgIpc) is 3.66. The monoisotopic (exact) mass is 560 g/mol. The fourth-order valence-electron chi connectivity index (χ4n) is 6.17. The molecule has 4 aromatic rings. The van der Waals surface area contributed by atoms with Crippen molar-refractivity contribution in [2.45, 2.75) is 25.9 Å². The molecule has 0 unspecified atom stereocenters. The number of fused-ring (bicyclic) bond motifs is 2. The van der Waals surface area contributed by atoms with Crippen LogP contribution < -0.4 is 18.9 Å². The molecule has 0 amide bonds. The molecular formula is C36H36O4Si. The molecule has 0 N–H and O–H groups in total. The van der Waals surface area contributed by atoms with Crippen molar-refractivity contribution in [3.63, 3.8) is 0 Å². The van der Waals surface area contributed by atoms with E-state index in [1.54, 1.807) is 38.8 Å². The van der Waals surface area contributed by atoms with Crippen LogP contribution in [0.4, 0.5) is 0 Å². The van der Waals surface area contributed by atoms with Crippen LogP contribution in [0.3, 0.4) is 0 Å². The Bertz CT molecular complexity index is 1540. The van der Waals surface area contributed by atoms with Crippen molar-refractivity contribution in [1.82, 2.24) is 0 Å². The molecule has 0 saturated carbocycles. The van der Waals surface area contributed by atoms with Crippen molar-refractivity contribution in [3.05, 3.63) is 105 Å². The first-order valence-corrected chi connectivity index (χ1v) is 17.0. The lowest BCUT2D eigenvalue weighted by Gasteiger charge is -2.26. The largest absolute Gasteiger partial charge is 0.497 e. The van der Waals surface area contributed by atoms with Gasteiger partial charge in [-0.05, 0) is 81.6 Å². The number of hydrogen-bond acceptors (Lipinski definition) is 4. The molecule has 0 spiro atoms. The summed E-state index contributed by atoms with van der Waals surface area (Å²) in [6.45, 7) is 5.01. The molecule has 0 heterocycles. The van der Waals surface area contributed by atoms with Crippen LogP contribution in [0.15, 0.2) is 83.2 Å². The normalized spacial score (nSPS) is 13.7. The molecule has 5 heteroatoms. The summed E-state index contributed by atoms with van der Waals surface area (Å²) < 4.78 is 22.3. The van der Waals surface area contributed by atoms with Gasteiger partial charge < -0.3 is 18.9 Å². The molecule has 0 aromatic heterocycles. The molecule has 0 atom stereocenters. The highest BCUT2D eigenvalue weighted by atomic mass is 28.3. The van der Waals surface area contributed by atoms with Crippen molar-refractivity contribution < 1.29 is 18.9 Å². The first-order valence-electron chi connectivity index (χ1n) is 14.0. The van der Waals surface area contributed by atoms with Crippen LogP contribution in [0, 0.1) is 0 Å². The van der Waals surface area contributed by atoms with Gasteiger partial charge in [0.1, 0.15) is 31.1 Å². The predicted molar refractivity (Wildman–Crippen MR) is 171 cm³/mol. The van der Waals surface area contributed by atoms with Gasteiger partial charge in [-0.1, -0.05) is 72.0 Å². The number of rotatable bonds is 8. The quantitative estimate of drug-likeness (QED) is 0.203. The number of hydrogen-bond donors (Lipinski definition) is 0. The highest BCUT2D eigenvalue weighted by Crippen LogP contribution is 2.44. The van der Waals surface area contributed by atoms with Crippen LogP contribution in [0.1, 0.15) is 22.3 Å². The van der Waals surface area contributed by atoms with E-state index in [2.05, 4.69) is 85.9 Å². The van der Waals surface area contributed by atoms with Crippen LogP contribution in [-0.4, -0.2) is 36.5 Å². The molecule has 0 radical (unpaired) electrons. The lowest BCUT2D eigenvalue weighted by molar-refractivity contribution is 0.394. The molecular weight excluding hydrogens is 524 g/mol. The lowest BCUT2D eigenvalue weighted by atomic mass is 9.97. The van der Waals surface area contributed by atoms with Crippen molar-refractivity contribution in [2.24, 2.45) is 0 Å². The fourth-order valence-corrected chi connectivity index (χ4v) is 8.86. The van der Waals surface area contributed by atoms with E-state index in [0.29, 0.717) is 0 Å². The highest BCUT2D eigenvalue weighted by molar-refractivity contribution is 6.92. The van der Waals surface area contributed by atoms with Gasteiger partial charge in [0.05, 0.1) is 28.4 Å². The van der Waals surface area contributed by atoms with Crippen LogP contribution in [-0.2, 0) is 12.8 Å². The smallest absolute Gasteiger partial charge is 0.123 e. The molecule has 208 valence electrons. The molecule has 0 aliphatic heterocycles. The van der Waals surface area contributed by atoms with E-state index >= 15 is 0 Å². The van der Waals surface area contributed by atoms with E-state index < -0.39 is 8.07 Å². The number of allylic oxidation sites excluding steroid dienone is 2. The summed E-state index contributed by atoms with van der Waals surface area (Å²) in [6.07, 6.45) is 6.94. The van der Waals surface area contributed by atoms with Gasteiger partial charge in [0.25, 0.3) is 0 Å². The zero-order valence-electron chi connectivity index (χ0n) is 24.6.